The molecule has 0 atom stereocenters. The van der Waals surface area contributed by atoms with E-state index < -0.39 is 121 Å². The topological polar surface area (TPSA) is 52.6 Å². The zero-order chi connectivity index (χ0) is 44.4. The smallest absolute Gasteiger partial charge is 0.456 e. The Labute approximate surface area is 272 Å². The van der Waals surface area contributed by atoms with Gasteiger partial charge in [-0.1, -0.05) is 0 Å². The Hall–Kier alpha value is -3.42. The summed E-state index contributed by atoms with van der Waals surface area (Å²) >= 11 is 0. The summed E-state index contributed by atoms with van der Waals surface area (Å²) in [6.45, 7) is -7.76. The van der Waals surface area contributed by atoms with Crippen LogP contribution >= 0.6 is 0 Å². The first-order chi connectivity index (χ1) is 23.0. The van der Waals surface area contributed by atoms with Gasteiger partial charge >= 0.3 is 95.4 Å². The van der Waals surface area contributed by atoms with E-state index in [2.05, 4.69) is 9.47 Å². The third-order valence-electron chi connectivity index (χ3n) is 5.93. The Kier molecular flexibility index (Phi) is 12.8. The second kappa shape index (κ2) is 13.7. The van der Waals surface area contributed by atoms with Crippen LogP contribution in [0.25, 0.3) is 0 Å². The van der Waals surface area contributed by atoms with E-state index >= 15 is 0 Å². The first kappa shape index (κ1) is 50.6. The summed E-state index contributed by atoms with van der Waals surface area (Å²) in [6, 6.07) is 0. The van der Waals surface area contributed by atoms with Crippen molar-refractivity contribution >= 4 is 11.9 Å². The van der Waals surface area contributed by atoms with E-state index in [9.17, 15) is 141 Å². The molecule has 0 fully saturated rings. The first-order valence-corrected chi connectivity index (χ1v) is 11.7. The van der Waals surface area contributed by atoms with Crippen molar-refractivity contribution in [1.29, 1.82) is 0 Å². The van der Waals surface area contributed by atoms with Crippen LogP contribution in [0.15, 0.2) is 12.2 Å². The molecule has 320 valence electrons. The standard InChI is InChI=1S/C20H6F30O4/c21-7(22,9(25,26)11(29,30)13(33,34)15(37,38)17(41,42)19(45,46)47)3-53-5(51)1-2-6(52)54-4-8(23,24)10(27,28)12(31,32)14(35,36)16(39,40)18(43,44)20(48,49)50/h1-2H,3-4H2/b2-1-. The normalized spacial score (nSPS) is 16.2. The van der Waals surface area contributed by atoms with Gasteiger partial charge in [0.2, 0.25) is 0 Å². The third-order valence-corrected chi connectivity index (χ3v) is 5.93. The van der Waals surface area contributed by atoms with Gasteiger partial charge in [0, 0.05) is 12.2 Å². The molecule has 0 aliphatic rings. The molecular formula is C20H6F30O4. The molecule has 0 aliphatic heterocycles. The van der Waals surface area contributed by atoms with Crippen molar-refractivity contribution in [2.45, 2.75) is 83.4 Å². The lowest BCUT2D eigenvalue weighted by Crippen LogP contribution is -2.73. The summed E-state index contributed by atoms with van der Waals surface area (Å²) in [5.41, 5.74) is 0. The Bertz CT molecular complexity index is 1300. The molecule has 0 aromatic heterocycles. The largest absolute Gasteiger partial charge is 0.460 e. The Balaban J connectivity index is 6.06. The average molecular weight is 880 g/mol. The lowest BCUT2D eigenvalue weighted by atomic mass is 9.91. The lowest BCUT2D eigenvalue weighted by Gasteiger charge is -2.41. The molecule has 0 spiro atoms. The van der Waals surface area contributed by atoms with Gasteiger partial charge in [-0.05, 0) is 0 Å². The molecule has 0 saturated heterocycles. The Morgan fingerprint density at radius 2 is 0.463 bits per heavy atom. The van der Waals surface area contributed by atoms with Crippen molar-refractivity contribution < 1.29 is 151 Å². The van der Waals surface area contributed by atoms with Crippen LogP contribution in [0.5, 0.6) is 0 Å². The van der Waals surface area contributed by atoms with Gasteiger partial charge in [-0.2, -0.15) is 132 Å². The number of carbonyl (C=O) groups excluding carboxylic acids is 2. The summed E-state index contributed by atoms with van der Waals surface area (Å²) in [4.78, 5) is 22.4. The van der Waals surface area contributed by atoms with Crippen molar-refractivity contribution in [2.24, 2.45) is 0 Å². The molecule has 0 aromatic rings. The number of hydrogen-bond acceptors (Lipinski definition) is 4. The predicted octanol–water partition coefficient (Wildman–Crippen LogP) is 9.38. The van der Waals surface area contributed by atoms with E-state index in [0.29, 0.717) is 0 Å². The van der Waals surface area contributed by atoms with E-state index in [1.807, 2.05) is 0 Å². The molecule has 34 heteroatoms. The van der Waals surface area contributed by atoms with E-state index in [0.717, 1.165) is 0 Å². The Morgan fingerprint density at radius 1 is 0.296 bits per heavy atom. The number of alkyl halides is 30. The van der Waals surface area contributed by atoms with Crippen LogP contribution < -0.4 is 0 Å². The zero-order valence-corrected chi connectivity index (χ0v) is 23.5. The number of carbonyl (C=O) groups is 2. The highest BCUT2D eigenvalue weighted by atomic mass is 19.4. The fraction of sp³-hybridized carbons (Fsp3) is 0.800. The van der Waals surface area contributed by atoms with Gasteiger partial charge in [-0.15, -0.1) is 0 Å². The minimum atomic E-state index is -8.78. The summed E-state index contributed by atoms with van der Waals surface area (Å²) in [5.74, 6) is -106. The number of halogens is 30. The predicted molar refractivity (Wildman–Crippen MR) is 103 cm³/mol. The van der Waals surface area contributed by atoms with E-state index in [1.54, 1.807) is 0 Å². The number of ether oxygens (including phenoxy) is 2. The van der Waals surface area contributed by atoms with E-state index in [1.165, 1.54) is 0 Å². The van der Waals surface area contributed by atoms with Crippen LogP contribution in [0.4, 0.5) is 132 Å². The van der Waals surface area contributed by atoms with Crippen LogP contribution in [0.1, 0.15) is 0 Å². The molecule has 0 unspecified atom stereocenters. The number of rotatable bonds is 16. The first-order valence-electron chi connectivity index (χ1n) is 11.7. The minimum absolute atomic E-state index is 1.03. The van der Waals surface area contributed by atoms with Gasteiger partial charge in [-0.25, -0.2) is 9.59 Å². The molecule has 0 aliphatic carbocycles. The molecule has 0 saturated carbocycles. The van der Waals surface area contributed by atoms with Crippen LogP contribution in [-0.2, 0) is 19.1 Å². The summed E-state index contributed by atoms with van der Waals surface area (Å²) in [6.07, 6.45) is -18.0. The van der Waals surface area contributed by atoms with Gasteiger partial charge in [-0.3, -0.25) is 0 Å². The van der Waals surface area contributed by atoms with Gasteiger partial charge in [0.1, 0.15) is 0 Å². The fourth-order valence-electron chi connectivity index (χ4n) is 2.74. The van der Waals surface area contributed by atoms with E-state index in [4.69, 9.17) is 0 Å². The summed E-state index contributed by atoms with van der Waals surface area (Å²) < 4.78 is 398. The van der Waals surface area contributed by atoms with Crippen LogP contribution in [-0.4, -0.2) is 109 Å². The zero-order valence-electron chi connectivity index (χ0n) is 23.5. The monoisotopic (exact) mass is 880 g/mol. The maximum atomic E-state index is 13.6. The highest BCUT2D eigenvalue weighted by molar-refractivity contribution is 5.91. The van der Waals surface area contributed by atoms with Crippen LogP contribution in [0, 0.1) is 0 Å². The highest BCUT2D eigenvalue weighted by Crippen LogP contribution is 2.64. The fourth-order valence-corrected chi connectivity index (χ4v) is 2.74. The molecule has 4 nitrogen and oxygen atoms in total. The highest BCUT2D eigenvalue weighted by Gasteiger charge is 2.95. The number of hydrogen-bond donors (Lipinski definition) is 0. The molecule has 0 bridgehead atoms. The van der Waals surface area contributed by atoms with Crippen molar-refractivity contribution in [3.05, 3.63) is 12.2 Å². The minimum Gasteiger partial charge on any atom is -0.456 e. The molecule has 0 heterocycles. The van der Waals surface area contributed by atoms with Crippen molar-refractivity contribution in [2.75, 3.05) is 13.2 Å². The lowest BCUT2D eigenvalue weighted by molar-refractivity contribution is -0.453. The maximum Gasteiger partial charge on any atom is 0.460 e. The molecule has 0 aromatic carbocycles. The average Bonchev–Trinajstić information content (AvgIpc) is 2.95. The van der Waals surface area contributed by atoms with Gasteiger partial charge in [0.25, 0.3) is 0 Å². The van der Waals surface area contributed by atoms with Crippen molar-refractivity contribution in [1.82, 2.24) is 0 Å². The van der Waals surface area contributed by atoms with Crippen molar-refractivity contribution in [3.8, 4) is 0 Å². The SMILES string of the molecule is O=C(/C=C\C(=O)OCC(F)(F)C(F)(F)C(F)(F)C(F)(F)C(F)(F)C(F)(F)C(F)(F)F)OCC(F)(F)C(F)(F)C(F)(F)C(F)(F)C(F)(F)C(F)(F)C(F)(F)F. The van der Waals surface area contributed by atoms with Crippen molar-refractivity contribution in [3.63, 3.8) is 0 Å². The van der Waals surface area contributed by atoms with E-state index in [-0.39, 0.29) is 0 Å². The second-order valence-corrected chi connectivity index (χ2v) is 9.70. The van der Waals surface area contributed by atoms with Gasteiger partial charge < -0.3 is 9.47 Å². The van der Waals surface area contributed by atoms with Gasteiger partial charge in [0.05, 0.1) is 0 Å². The number of esters is 2. The molecule has 0 rings (SSSR count). The molecule has 0 amide bonds. The summed E-state index contributed by atoms with van der Waals surface area (Å²) in [7, 11) is 0. The Morgan fingerprint density at radius 3 is 0.648 bits per heavy atom. The van der Waals surface area contributed by atoms with Crippen LogP contribution in [0.2, 0.25) is 0 Å². The molecule has 54 heavy (non-hydrogen) atoms. The second-order valence-electron chi connectivity index (χ2n) is 9.70. The summed E-state index contributed by atoms with van der Waals surface area (Å²) in [5, 5.41) is 0. The quantitative estimate of drug-likeness (QED) is 0.0882. The third kappa shape index (κ3) is 7.44. The molecular weight excluding hydrogens is 874 g/mol. The molecule has 0 radical (unpaired) electrons. The maximum absolute atomic E-state index is 13.6. The van der Waals surface area contributed by atoms with Crippen LogP contribution in [0.3, 0.4) is 0 Å². The van der Waals surface area contributed by atoms with Gasteiger partial charge in [0.15, 0.2) is 13.2 Å². The molecule has 0 N–H and O–H groups in total.